The Balaban J connectivity index is 4.63. The number of phosphoric ester groups is 1. The highest BCUT2D eigenvalue weighted by molar-refractivity contribution is 7.47. The fraction of sp³-hybridized carbons (Fsp3) is 0.473. The number of aliphatic carboxylic acids is 1. The fourth-order valence-electron chi connectivity index (χ4n) is 5.31. The van der Waals surface area contributed by atoms with E-state index in [9.17, 15) is 23.8 Å². The average molecular weight is 948 g/mol. The predicted molar refractivity (Wildman–Crippen MR) is 276 cm³/mol. The molecule has 0 saturated heterocycles. The van der Waals surface area contributed by atoms with Crippen LogP contribution in [0, 0.1) is 0 Å². The Kier molecular flexibility index (Phi) is 44.1. The number of esters is 2. The molecule has 0 aliphatic rings. The quantitative estimate of drug-likeness (QED) is 0.0230. The number of allylic oxidation sites excluding steroid dienone is 24. The minimum atomic E-state index is -4.78. The highest BCUT2D eigenvalue weighted by Gasteiger charge is 2.28. The van der Waals surface area contributed by atoms with Crippen molar-refractivity contribution in [3.63, 3.8) is 0 Å². The number of hydrogen-bond acceptors (Lipinski definition) is 9. The third kappa shape index (κ3) is 47.4. The van der Waals surface area contributed by atoms with Gasteiger partial charge in [0.05, 0.1) is 26.1 Å². The topological polar surface area (TPSA) is 172 Å². The van der Waals surface area contributed by atoms with Crippen molar-refractivity contribution >= 4 is 25.7 Å². The normalized spacial score (nSPS) is 14.9. The molecule has 67 heavy (non-hydrogen) atoms. The largest absolute Gasteiger partial charge is 0.480 e. The summed E-state index contributed by atoms with van der Waals surface area (Å²) in [6.07, 6.45) is 69.3. The van der Waals surface area contributed by atoms with E-state index in [2.05, 4.69) is 128 Å². The van der Waals surface area contributed by atoms with Crippen molar-refractivity contribution in [3.05, 3.63) is 158 Å². The molecule has 0 heterocycles. The highest BCUT2D eigenvalue weighted by atomic mass is 31.2. The van der Waals surface area contributed by atoms with E-state index < -0.39 is 57.7 Å². The Bertz CT molecular complexity index is 1730. The fourth-order valence-corrected chi connectivity index (χ4v) is 6.09. The Hall–Kier alpha value is -4.90. The summed E-state index contributed by atoms with van der Waals surface area (Å²) in [5.74, 6) is -2.72. The van der Waals surface area contributed by atoms with E-state index in [1.807, 2.05) is 30.4 Å². The molecule has 0 saturated carbocycles. The summed E-state index contributed by atoms with van der Waals surface area (Å²) >= 11 is 0. The predicted octanol–water partition coefficient (Wildman–Crippen LogP) is 13.7. The number of ether oxygens (including phenoxy) is 2. The number of rotatable bonds is 42. The van der Waals surface area contributed by atoms with Crippen molar-refractivity contribution in [2.75, 3.05) is 19.8 Å². The molecule has 4 N–H and O–H groups in total. The van der Waals surface area contributed by atoms with Crippen LogP contribution < -0.4 is 5.73 Å². The van der Waals surface area contributed by atoms with E-state index in [1.165, 1.54) is 32.1 Å². The van der Waals surface area contributed by atoms with Gasteiger partial charge in [0, 0.05) is 0 Å². The van der Waals surface area contributed by atoms with Gasteiger partial charge in [0.25, 0.3) is 0 Å². The minimum Gasteiger partial charge on any atom is -0.480 e. The van der Waals surface area contributed by atoms with Gasteiger partial charge in [-0.15, -0.1) is 0 Å². The molecule has 0 fully saturated rings. The van der Waals surface area contributed by atoms with E-state index in [0.717, 1.165) is 64.2 Å². The molecule has 0 bridgehead atoms. The first-order valence-corrected chi connectivity index (χ1v) is 25.5. The van der Waals surface area contributed by atoms with E-state index in [1.54, 1.807) is 18.2 Å². The van der Waals surface area contributed by atoms with Gasteiger partial charge in [-0.25, -0.2) is 4.57 Å². The van der Waals surface area contributed by atoms with E-state index in [4.69, 9.17) is 24.8 Å². The first-order chi connectivity index (χ1) is 32.6. The summed E-state index contributed by atoms with van der Waals surface area (Å²) in [4.78, 5) is 46.0. The molecule has 0 aliphatic carbocycles. The van der Waals surface area contributed by atoms with Crippen molar-refractivity contribution in [2.24, 2.45) is 5.73 Å². The Morgan fingerprint density at radius 1 is 0.463 bits per heavy atom. The number of carboxylic acids is 1. The average Bonchev–Trinajstić information content (AvgIpc) is 3.31. The molecular formula is C55H82NO10P. The number of unbranched alkanes of at least 4 members (excludes halogenated alkanes) is 4. The maximum atomic E-state index is 12.6. The van der Waals surface area contributed by atoms with E-state index >= 15 is 0 Å². The van der Waals surface area contributed by atoms with Crippen LogP contribution in [0.2, 0.25) is 0 Å². The van der Waals surface area contributed by atoms with Gasteiger partial charge in [-0.3, -0.25) is 23.4 Å². The number of hydrogen-bond donors (Lipinski definition) is 3. The van der Waals surface area contributed by atoms with E-state index in [0.29, 0.717) is 12.8 Å². The van der Waals surface area contributed by atoms with Crippen LogP contribution in [0.5, 0.6) is 0 Å². The van der Waals surface area contributed by atoms with Gasteiger partial charge in [0.2, 0.25) is 0 Å². The van der Waals surface area contributed by atoms with Crippen LogP contribution in [-0.2, 0) is 37.5 Å². The van der Waals surface area contributed by atoms with Crippen LogP contribution in [0.25, 0.3) is 0 Å². The van der Waals surface area contributed by atoms with Gasteiger partial charge in [-0.05, 0) is 89.9 Å². The molecule has 0 radical (unpaired) electrons. The molecule has 0 aromatic heterocycles. The molecule has 0 aromatic carbocycles. The maximum Gasteiger partial charge on any atom is 0.472 e. The Morgan fingerprint density at radius 3 is 1.18 bits per heavy atom. The van der Waals surface area contributed by atoms with Gasteiger partial charge in [0.15, 0.2) is 6.10 Å². The third-order valence-electron chi connectivity index (χ3n) is 9.05. The second kappa shape index (κ2) is 47.6. The first-order valence-electron chi connectivity index (χ1n) is 24.0. The monoisotopic (exact) mass is 948 g/mol. The van der Waals surface area contributed by atoms with Gasteiger partial charge >= 0.3 is 25.7 Å². The molecule has 0 aliphatic heterocycles. The SMILES string of the molecule is CCCC=CCC=CCC=CCC=CCC=CCC=CCC=CCC(=O)OC[C@H](COP(=O)(O)OC[C@H](N)C(=O)O)OC(=O)CC=CCC=CCC=CCC=CCC=CCC=CCCCCC. The Labute approximate surface area is 403 Å². The van der Waals surface area contributed by atoms with Crippen molar-refractivity contribution in [3.8, 4) is 0 Å². The summed E-state index contributed by atoms with van der Waals surface area (Å²) in [6, 6.07) is -1.56. The van der Waals surface area contributed by atoms with Gasteiger partial charge in [0.1, 0.15) is 12.6 Å². The van der Waals surface area contributed by atoms with Crippen molar-refractivity contribution in [1.82, 2.24) is 0 Å². The molecule has 3 atom stereocenters. The lowest BCUT2D eigenvalue weighted by molar-refractivity contribution is -0.160. The summed E-state index contributed by atoms with van der Waals surface area (Å²) < 4.78 is 32.5. The summed E-state index contributed by atoms with van der Waals surface area (Å²) in [6.45, 7) is 2.48. The smallest absolute Gasteiger partial charge is 0.472 e. The molecule has 0 rings (SSSR count). The van der Waals surface area contributed by atoms with Gasteiger partial charge in [-0.2, -0.15) is 0 Å². The molecule has 372 valence electrons. The number of carbonyl (C=O) groups is 3. The molecule has 0 spiro atoms. The molecule has 0 amide bonds. The minimum absolute atomic E-state index is 0.0441. The lowest BCUT2D eigenvalue weighted by Gasteiger charge is -2.20. The maximum absolute atomic E-state index is 12.6. The van der Waals surface area contributed by atoms with Crippen LogP contribution in [-0.4, -0.2) is 59.9 Å². The lowest BCUT2D eigenvalue weighted by atomic mass is 10.2. The van der Waals surface area contributed by atoms with Crippen molar-refractivity contribution in [2.45, 2.75) is 148 Å². The summed E-state index contributed by atoms with van der Waals surface area (Å²) in [5, 5.41) is 8.91. The Morgan fingerprint density at radius 2 is 0.806 bits per heavy atom. The summed E-state index contributed by atoms with van der Waals surface area (Å²) in [5.41, 5.74) is 5.33. The molecule has 11 nitrogen and oxygen atoms in total. The van der Waals surface area contributed by atoms with Crippen LogP contribution in [0.1, 0.15) is 136 Å². The van der Waals surface area contributed by atoms with Crippen LogP contribution in [0.3, 0.4) is 0 Å². The molecule has 12 heteroatoms. The number of nitrogens with two attached hydrogens (primary N) is 1. The van der Waals surface area contributed by atoms with Crippen molar-refractivity contribution < 1.29 is 47.5 Å². The zero-order chi connectivity index (χ0) is 49.2. The number of carbonyl (C=O) groups excluding carboxylic acids is 2. The van der Waals surface area contributed by atoms with Crippen molar-refractivity contribution in [1.29, 1.82) is 0 Å². The molecule has 0 aromatic rings. The zero-order valence-corrected chi connectivity index (χ0v) is 41.3. The van der Waals surface area contributed by atoms with Gasteiger partial charge < -0.3 is 25.2 Å². The second-order valence-electron chi connectivity index (χ2n) is 15.2. The van der Waals surface area contributed by atoms with Crippen LogP contribution >= 0.6 is 7.82 Å². The second-order valence-corrected chi connectivity index (χ2v) is 16.7. The molecule has 1 unspecified atom stereocenters. The first kappa shape index (κ1) is 62.1. The van der Waals surface area contributed by atoms with Crippen LogP contribution in [0.4, 0.5) is 0 Å². The molecular weight excluding hydrogens is 866 g/mol. The number of phosphoric acid groups is 1. The lowest BCUT2D eigenvalue weighted by Crippen LogP contribution is -2.34. The van der Waals surface area contributed by atoms with E-state index in [-0.39, 0.29) is 12.8 Å². The summed E-state index contributed by atoms with van der Waals surface area (Å²) in [7, 11) is -4.78. The standard InChI is InChI=1S/C55H82NO10P/c1-3-5-7-9-11-13-15-17-19-21-23-25-27-28-30-32-34-36-38-40-42-44-46-53(57)63-48-51(49-64-67(61,62)65-50-52(56)55(59)60)66-54(58)47-45-43-41-39-37-35-33-31-29-26-24-22-20-18-16-14-12-10-8-6-4-2/h7,9,12-15,18-21,24-27,30-33,36-39,42-45,51-52H,3-6,8,10-11,16-17,22-23,28-29,34-35,40-41,46-50,56H2,1-2H3,(H,59,60)(H,61,62)/t51-,52+/m1/s1. The van der Waals surface area contributed by atoms with Crippen LogP contribution in [0.15, 0.2) is 158 Å². The highest BCUT2D eigenvalue weighted by Crippen LogP contribution is 2.43. The zero-order valence-electron chi connectivity index (χ0n) is 40.4. The number of carboxylic acid groups (broad SMARTS) is 1. The third-order valence-corrected chi connectivity index (χ3v) is 10.00. The van der Waals surface area contributed by atoms with Gasteiger partial charge in [-0.1, -0.05) is 191 Å².